The van der Waals surface area contributed by atoms with E-state index in [0.717, 1.165) is 0 Å². The van der Waals surface area contributed by atoms with E-state index in [1.165, 1.54) is 22.1 Å². The predicted molar refractivity (Wildman–Crippen MR) is 64.9 cm³/mol. The Balaban J connectivity index is 2.99. The van der Waals surface area contributed by atoms with Crippen molar-refractivity contribution in [2.45, 2.75) is 39.0 Å². The van der Waals surface area contributed by atoms with Crippen molar-refractivity contribution in [1.29, 1.82) is 0 Å². The van der Waals surface area contributed by atoms with E-state index in [-0.39, 0.29) is 5.41 Å². The van der Waals surface area contributed by atoms with Crippen molar-refractivity contribution in [1.82, 2.24) is 4.98 Å². The van der Waals surface area contributed by atoms with Gasteiger partial charge in [-0.25, -0.2) is 0 Å². The Hall–Kier alpha value is -0.120. The van der Waals surface area contributed by atoms with Crippen LogP contribution < -0.4 is 0 Å². The van der Waals surface area contributed by atoms with Crippen molar-refractivity contribution < 1.29 is 0 Å². The molecule has 72 valence electrons. The highest BCUT2D eigenvalue weighted by Gasteiger charge is 2.22. The van der Waals surface area contributed by atoms with Crippen molar-refractivity contribution in [3.8, 4) is 0 Å². The highest BCUT2D eigenvalue weighted by atomic mass is 127. The monoisotopic (exact) mass is 289 g/mol. The molecule has 13 heavy (non-hydrogen) atoms. The molecule has 0 saturated carbocycles. The van der Waals surface area contributed by atoms with Crippen LogP contribution in [0.2, 0.25) is 0 Å². The first kappa shape index (κ1) is 11.0. The molecule has 0 spiro atoms. The summed E-state index contributed by atoms with van der Waals surface area (Å²) < 4.78 is 1.28. The van der Waals surface area contributed by atoms with Crippen molar-refractivity contribution in [2.75, 3.05) is 0 Å². The number of hydrogen-bond acceptors (Lipinski definition) is 1. The quantitative estimate of drug-likeness (QED) is 0.772. The van der Waals surface area contributed by atoms with Gasteiger partial charge in [0.15, 0.2) is 0 Å². The summed E-state index contributed by atoms with van der Waals surface area (Å²) in [6, 6.07) is 4.12. The van der Waals surface area contributed by atoms with Gasteiger partial charge in [-0.15, -0.1) is 0 Å². The van der Waals surface area contributed by atoms with Gasteiger partial charge in [0.05, 0.1) is 5.69 Å². The second-order valence-electron chi connectivity index (χ2n) is 3.97. The van der Waals surface area contributed by atoms with E-state index in [2.05, 4.69) is 54.4 Å². The van der Waals surface area contributed by atoms with Crippen LogP contribution in [0.4, 0.5) is 0 Å². The number of halogens is 1. The van der Waals surface area contributed by atoms with Crippen molar-refractivity contribution in [3.05, 3.63) is 27.6 Å². The van der Waals surface area contributed by atoms with E-state index in [0.29, 0.717) is 0 Å². The molecule has 0 radical (unpaired) electrons. The fourth-order valence-corrected chi connectivity index (χ4v) is 2.70. The third-order valence-electron chi connectivity index (χ3n) is 2.27. The lowest BCUT2D eigenvalue weighted by molar-refractivity contribution is 0.457. The molecular weight excluding hydrogens is 273 g/mol. The zero-order valence-corrected chi connectivity index (χ0v) is 10.6. The first-order chi connectivity index (χ1) is 6.08. The summed E-state index contributed by atoms with van der Waals surface area (Å²) in [4.78, 5) is 4.46. The number of nitrogens with zero attached hydrogens (tertiary/aromatic N) is 1. The minimum Gasteiger partial charge on any atom is -0.260 e. The second kappa shape index (κ2) is 4.40. The highest BCUT2D eigenvalue weighted by molar-refractivity contribution is 14.1. The first-order valence-electron chi connectivity index (χ1n) is 4.69. The molecule has 0 aliphatic carbocycles. The standard InChI is InChI=1S/C11H16IN/c1-4-7-11(2,3)10-9(12)6-5-8-13-10/h5-6,8H,4,7H2,1-3H3. The van der Waals surface area contributed by atoms with Crippen molar-refractivity contribution in [2.24, 2.45) is 0 Å². The summed E-state index contributed by atoms with van der Waals surface area (Å²) in [7, 11) is 0. The molecule has 0 aliphatic rings. The maximum atomic E-state index is 4.46. The molecule has 1 nitrogen and oxygen atoms in total. The Kier molecular flexibility index (Phi) is 3.71. The molecule has 1 heterocycles. The van der Waals surface area contributed by atoms with Gasteiger partial charge in [-0.05, 0) is 41.1 Å². The van der Waals surface area contributed by atoms with E-state index in [1.807, 2.05) is 12.3 Å². The summed E-state index contributed by atoms with van der Waals surface area (Å²) in [5.74, 6) is 0. The summed E-state index contributed by atoms with van der Waals surface area (Å²) >= 11 is 2.36. The van der Waals surface area contributed by atoms with Crippen LogP contribution in [0.1, 0.15) is 39.3 Å². The molecule has 0 unspecified atom stereocenters. The number of hydrogen-bond donors (Lipinski definition) is 0. The van der Waals surface area contributed by atoms with Gasteiger partial charge in [-0.3, -0.25) is 4.98 Å². The Morgan fingerprint density at radius 2 is 2.15 bits per heavy atom. The molecule has 2 heteroatoms. The van der Waals surface area contributed by atoms with Gasteiger partial charge in [0, 0.05) is 15.2 Å². The Labute approximate surface area is 94.1 Å². The summed E-state index contributed by atoms with van der Waals surface area (Å²) in [5, 5.41) is 0. The average molecular weight is 289 g/mol. The lowest BCUT2D eigenvalue weighted by Gasteiger charge is -2.24. The molecule has 0 amide bonds. The van der Waals surface area contributed by atoms with E-state index >= 15 is 0 Å². The van der Waals surface area contributed by atoms with Gasteiger partial charge in [0.2, 0.25) is 0 Å². The van der Waals surface area contributed by atoms with Gasteiger partial charge < -0.3 is 0 Å². The van der Waals surface area contributed by atoms with Crippen LogP contribution in [0.25, 0.3) is 0 Å². The zero-order valence-electron chi connectivity index (χ0n) is 8.47. The average Bonchev–Trinajstić information content (AvgIpc) is 2.04. The largest absolute Gasteiger partial charge is 0.260 e. The third kappa shape index (κ3) is 2.66. The first-order valence-corrected chi connectivity index (χ1v) is 5.77. The third-order valence-corrected chi connectivity index (χ3v) is 3.15. The summed E-state index contributed by atoms with van der Waals surface area (Å²) in [6.45, 7) is 6.75. The SMILES string of the molecule is CCCC(C)(C)c1ncccc1I. The van der Waals surface area contributed by atoms with Crippen LogP contribution in [-0.2, 0) is 5.41 Å². The van der Waals surface area contributed by atoms with E-state index in [9.17, 15) is 0 Å². The molecule has 1 aromatic rings. The van der Waals surface area contributed by atoms with Crippen LogP contribution in [-0.4, -0.2) is 4.98 Å². The minimum atomic E-state index is 0.215. The van der Waals surface area contributed by atoms with Gasteiger partial charge >= 0.3 is 0 Å². The molecular formula is C11H16IN. The second-order valence-corrected chi connectivity index (χ2v) is 5.13. The Morgan fingerprint density at radius 3 is 2.69 bits per heavy atom. The van der Waals surface area contributed by atoms with Gasteiger partial charge in [0.1, 0.15) is 0 Å². The van der Waals surface area contributed by atoms with Crippen LogP contribution >= 0.6 is 22.6 Å². The molecule has 0 saturated heterocycles. The van der Waals surface area contributed by atoms with Crippen LogP contribution in [0, 0.1) is 3.57 Å². The fourth-order valence-electron chi connectivity index (χ4n) is 1.63. The zero-order chi connectivity index (χ0) is 9.90. The smallest absolute Gasteiger partial charge is 0.0592 e. The number of aromatic nitrogens is 1. The number of rotatable bonds is 3. The van der Waals surface area contributed by atoms with Crippen LogP contribution in [0.15, 0.2) is 18.3 Å². The topological polar surface area (TPSA) is 12.9 Å². The minimum absolute atomic E-state index is 0.215. The van der Waals surface area contributed by atoms with Crippen molar-refractivity contribution in [3.63, 3.8) is 0 Å². The molecule has 1 aromatic heterocycles. The van der Waals surface area contributed by atoms with E-state index in [1.54, 1.807) is 0 Å². The maximum Gasteiger partial charge on any atom is 0.0592 e. The summed E-state index contributed by atoms with van der Waals surface area (Å²) in [5.41, 5.74) is 1.45. The molecule has 0 bridgehead atoms. The van der Waals surface area contributed by atoms with Gasteiger partial charge in [-0.1, -0.05) is 27.2 Å². The van der Waals surface area contributed by atoms with Gasteiger partial charge in [-0.2, -0.15) is 0 Å². The predicted octanol–water partition coefficient (Wildman–Crippen LogP) is 3.76. The van der Waals surface area contributed by atoms with E-state index in [4.69, 9.17) is 0 Å². The lowest BCUT2D eigenvalue weighted by atomic mass is 9.84. The summed E-state index contributed by atoms with van der Waals surface area (Å²) in [6.07, 6.45) is 4.29. The molecule has 0 aromatic carbocycles. The van der Waals surface area contributed by atoms with E-state index < -0.39 is 0 Å². The fraction of sp³-hybridized carbons (Fsp3) is 0.545. The normalized spacial score (nSPS) is 11.7. The lowest BCUT2D eigenvalue weighted by Crippen LogP contribution is -2.19. The molecule has 1 rings (SSSR count). The molecule has 0 N–H and O–H groups in total. The van der Waals surface area contributed by atoms with Crippen LogP contribution in [0.5, 0.6) is 0 Å². The number of pyridine rings is 1. The van der Waals surface area contributed by atoms with Crippen molar-refractivity contribution >= 4 is 22.6 Å². The highest BCUT2D eigenvalue weighted by Crippen LogP contribution is 2.29. The Morgan fingerprint density at radius 1 is 1.46 bits per heavy atom. The maximum absolute atomic E-state index is 4.46. The van der Waals surface area contributed by atoms with Gasteiger partial charge in [0.25, 0.3) is 0 Å². The molecule has 0 aliphatic heterocycles. The van der Waals surface area contributed by atoms with Crippen LogP contribution in [0.3, 0.4) is 0 Å². The molecule has 0 atom stereocenters. The molecule has 0 fully saturated rings. The Bertz CT molecular complexity index is 281.